The van der Waals surface area contributed by atoms with Crippen LogP contribution < -0.4 is 15.0 Å². The Balaban J connectivity index is 1.73. The Morgan fingerprint density at radius 1 is 1.10 bits per heavy atom. The van der Waals surface area contributed by atoms with Gasteiger partial charge in [-0.25, -0.2) is 13.5 Å². The Labute approximate surface area is 247 Å². The number of thioether (sulfide) groups is 1. The number of anilines is 1. The van der Waals surface area contributed by atoms with Gasteiger partial charge in [0, 0.05) is 35.8 Å². The fourth-order valence-corrected chi connectivity index (χ4v) is 6.03. The number of ether oxygens (including phenoxy) is 1. The summed E-state index contributed by atoms with van der Waals surface area (Å²) in [6.07, 6.45) is 0. The molecule has 1 aliphatic rings. The van der Waals surface area contributed by atoms with Gasteiger partial charge in [0.15, 0.2) is 0 Å². The second-order valence-corrected chi connectivity index (χ2v) is 11.1. The molecule has 11 heteroatoms. The predicted molar refractivity (Wildman–Crippen MR) is 160 cm³/mol. The SMILES string of the molecule is COc1ccc(-n2nc(-c3ccccc3)c3c2N(CC(=O)NCCN(C)C)C(=O)CSC3c2ccc(F)cc2F)cc1. The van der Waals surface area contributed by atoms with Crippen LogP contribution in [0.2, 0.25) is 0 Å². The van der Waals surface area contributed by atoms with Gasteiger partial charge in [-0.3, -0.25) is 14.5 Å². The smallest absolute Gasteiger partial charge is 0.240 e. The van der Waals surface area contributed by atoms with Crippen molar-refractivity contribution in [1.29, 1.82) is 0 Å². The summed E-state index contributed by atoms with van der Waals surface area (Å²) in [6, 6.07) is 20.0. The van der Waals surface area contributed by atoms with Crippen molar-refractivity contribution >= 4 is 29.4 Å². The number of fused-ring (bicyclic) bond motifs is 1. The van der Waals surface area contributed by atoms with Gasteiger partial charge in [-0.05, 0) is 44.4 Å². The van der Waals surface area contributed by atoms with Crippen LogP contribution in [0.3, 0.4) is 0 Å². The Bertz CT molecular complexity index is 1580. The van der Waals surface area contributed by atoms with Gasteiger partial charge in [0.05, 0.1) is 29.5 Å². The van der Waals surface area contributed by atoms with Crippen LogP contribution in [0.5, 0.6) is 5.75 Å². The summed E-state index contributed by atoms with van der Waals surface area (Å²) in [5.41, 5.74) is 2.66. The summed E-state index contributed by atoms with van der Waals surface area (Å²) in [6.45, 7) is 0.787. The maximum atomic E-state index is 15.4. The van der Waals surface area contributed by atoms with E-state index >= 15 is 4.39 Å². The Kier molecular flexibility index (Phi) is 8.89. The van der Waals surface area contributed by atoms with E-state index in [4.69, 9.17) is 9.84 Å². The van der Waals surface area contributed by atoms with Crippen LogP contribution in [0.25, 0.3) is 16.9 Å². The zero-order valence-corrected chi connectivity index (χ0v) is 24.3. The maximum absolute atomic E-state index is 15.4. The first-order valence-electron chi connectivity index (χ1n) is 13.4. The molecule has 8 nitrogen and oxygen atoms in total. The summed E-state index contributed by atoms with van der Waals surface area (Å²) in [5, 5.41) is 7.12. The van der Waals surface area contributed by atoms with Crippen molar-refractivity contribution in [2.24, 2.45) is 0 Å². The van der Waals surface area contributed by atoms with E-state index in [1.807, 2.05) is 49.3 Å². The largest absolute Gasteiger partial charge is 0.497 e. The topological polar surface area (TPSA) is 79.7 Å². The van der Waals surface area contributed by atoms with Gasteiger partial charge in [0.1, 0.15) is 29.7 Å². The normalized spacial score (nSPS) is 15.0. The summed E-state index contributed by atoms with van der Waals surface area (Å²) >= 11 is 1.22. The zero-order chi connectivity index (χ0) is 29.8. The molecular weight excluding hydrogens is 560 g/mol. The van der Waals surface area contributed by atoms with Crippen LogP contribution in [0, 0.1) is 11.6 Å². The number of carbonyl (C=O) groups excluding carboxylic acids is 2. The van der Waals surface area contributed by atoms with E-state index in [0.717, 1.165) is 11.6 Å². The molecule has 218 valence electrons. The van der Waals surface area contributed by atoms with Crippen molar-refractivity contribution in [1.82, 2.24) is 20.0 Å². The fraction of sp³-hybridized carbons (Fsp3) is 0.258. The van der Waals surface area contributed by atoms with Gasteiger partial charge in [-0.15, -0.1) is 11.8 Å². The standard InChI is InChI=1S/C31H31F2N5O3S/c1-36(2)16-15-34-26(39)18-37-27(40)19-42-30(24-14-9-21(32)17-25(24)33)28-29(20-7-5-4-6-8-20)35-38(31(28)37)22-10-12-23(41-3)13-11-22/h4-14,17,30H,15-16,18-19H2,1-3H3,(H,34,39). The highest BCUT2D eigenvalue weighted by Gasteiger charge is 2.38. The molecule has 1 atom stereocenters. The Morgan fingerprint density at radius 3 is 2.50 bits per heavy atom. The van der Waals surface area contributed by atoms with Gasteiger partial charge in [-0.2, -0.15) is 5.10 Å². The van der Waals surface area contributed by atoms with Crippen LogP contribution in [0.1, 0.15) is 16.4 Å². The van der Waals surface area contributed by atoms with E-state index in [1.54, 1.807) is 36.1 Å². The molecule has 3 aromatic carbocycles. The van der Waals surface area contributed by atoms with Crippen molar-refractivity contribution in [2.45, 2.75) is 5.25 Å². The minimum absolute atomic E-state index is 0.0298. The lowest BCUT2D eigenvalue weighted by atomic mass is 9.99. The number of methoxy groups -OCH3 is 1. The minimum Gasteiger partial charge on any atom is -0.497 e. The highest BCUT2D eigenvalue weighted by atomic mass is 32.2. The van der Waals surface area contributed by atoms with Crippen LogP contribution in [-0.2, 0) is 9.59 Å². The molecule has 1 aromatic heterocycles. The van der Waals surface area contributed by atoms with E-state index in [-0.39, 0.29) is 29.7 Å². The third-order valence-corrected chi connectivity index (χ3v) is 8.12. The highest BCUT2D eigenvalue weighted by molar-refractivity contribution is 8.00. The number of hydrogen-bond acceptors (Lipinski definition) is 6. The van der Waals surface area contributed by atoms with E-state index in [0.29, 0.717) is 41.6 Å². The van der Waals surface area contributed by atoms with E-state index in [1.165, 1.54) is 28.8 Å². The number of carbonyl (C=O) groups is 2. The van der Waals surface area contributed by atoms with Crippen molar-refractivity contribution in [2.75, 3.05) is 51.5 Å². The molecule has 1 N–H and O–H groups in total. The molecule has 2 amide bonds. The summed E-state index contributed by atoms with van der Waals surface area (Å²) in [4.78, 5) is 30.2. The molecule has 0 spiro atoms. The molecule has 42 heavy (non-hydrogen) atoms. The molecule has 1 unspecified atom stereocenters. The van der Waals surface area contributed by atoms with Crippen molar-refractivity contribution < 1.29 is 23.1 Å². The number of nitrogens with zero attached hydrogens (tertiary/aromatic N) is 4. The number of halogens is 2. The molecule has 0 saturated heterocycles. The third kappa shape index (κ3) is 6.17. The number of rotatable bonds is 9. The highest BCUT2D eigenvalue weighted by Crippen LogP contribution is 2.49. The molecule has 4 aromatic rings. The second-order valence-electron chi connectivity index (χ2n) is 10.1. The molecule has 0 saturated carbocycles. The molecule has 0 fully saturated rings. The molecule has 2 heterocycles. The monoisotopic (exact) mass is 591 g/mol. The first-order chi connectivity index (χ1) is 20.3. The predicted octanol–water partition coefficient (Wildman–Crippen LogP) is 4.67. The van der Waals surface area contributed by atoms with Gasteiger partial charge in [0.25, 0.3) is 0 Å². The Hall–Kier alpha value is -4.22. The van der Waals surface area contributed by atoms with Crippen LogP contribution in [-0.4, -0.2) is 73.1 Å². The number of aromatic nitrogens is 2. The average Bonchev–Trinajstić information content (AvgIpc) is 3.31. The number of benzene rings is 3. The average molecular weight is 592 g/mol. The lowest BCUT2D eigenvalue weighted by molar-refractivity contribution is -0.122. The van der Waals surface area contributed by atoms with Crippen LogP contribution >= 0.6 is 11.8 Å². The van der Waals surface area contributed by atoms with Gasteiger partial charge in [-0.1, -0.05) is 36.4 Å². The lowest BCUT2D eigenvalue weighted by Gasteiger charge is -2.23. The molecule has 5 rings (SSSR count). The molecule has 0 bridgehead atoms. The zero-order valence-electron chi connectivity index (χ0n) is 23.5. The van der Waals surface area contributed by atoms with Crippen molar-refractivity contribution in [3.63, 3.8) is 0 Å². The van der Waals surface area contributed by atoms with Gasteiger partial charge >= 0.3 is 0 Å². The second kappa shape index (κ2) is 12.7. The summed E-state index contributed by atoms with van der Waals surface area (Å²) in [5.74, 6) is -1.13. The van der Waals surface area contributed by atoms with Gasteiger partial charge in [0.2, 0.25) is 11.8 Å². The number of likely N-dealkylation sites (N-methyl/N-ethyl adjacent to an activating group) is 1. The number of amides is 2. The molecule has 0 radical (unpaired) electrons. The van der Waals surface area contributed by atoms with E-state index < -0.39 is 16.9 Å². The lowest BCUT2D eigenvalue weighted by Crippen LogP contribution is -2.43. The van der Waals surface area contributed by atoms with Crippen molar-refractivity contribution in [3.8, 4) is 22.7 Å². The first-order valence-corrected chi connectivity index (χ1v) is 14.4. The molecule has 0 aliphatic carbocycles. The quantitative estimate of drug-likeness (QED) is 0.305. The van der Waals surface area contributed by atoms with E-state index in [2.05, 4.69) is 5.32 Å². The molecule has 1 aliphatic heterocycles. The Morgan fingerprint density at radius 2 is 1.83 bits per heavy atom. The number of nitrogens with one attached hydrogen (secondary N) is 1. The van der Waals surface area contributed by atoms with Crippen molar-refractivity contribution in [3.05, 3.63) is 95.6 Å². The minimum atomic E-state index is -0.725. The van der Waals surface area contributed by atoms with E-state index in [9.17, 15) is 14.0 Å². The first kappa shape index (κ1) is 29.3. The van der Waals surface area contributed by atoms with Gasteiger partial charge < -0.3 is 15.0 Å². The summed E-state index contributed by atoms with van der Waals surface area (Å²) in [7, 11) is 5.37. The maximum Gasteiger partial charge on any atom is 0.240 e. The molecular formula is C31H31F2N5O3S. The number of hydrogen-bond donors (Lipinski definition) is 1. The summed E-state index contributed by atoms with van der Waals surface area (Å²) < 4.78 is 36.3. The van der Waals surface area contributed by atoms with Crippen LogP contribution in [0.4, 0.5) is 14.6 Å². The van der Waals surface area contributed by atoms with Crippen LogP contribution in [0.15, 0.2) is 72.8 Å². The third-order valence-electron chi connectivity index (χ3n) is 6.88. The fourth-order valence-electron chi connectivity index (χ4n) is 4.81.